The lowest BCUT2D eigenvalue weighted by molar-refractivity contribution is -0.136. The Hall–Kier alpha value is -2.79. The Morgan fingerprint density at radius 2 is 1.84 bits per heavy atom. The average molecular weight is 433 g/mol. The molecule has 0 atom stereocenters. The van der Waals surface area contributed by atoms with Crippen molar-refractivity contribution >= 4 is 28.3 Å². The van der Waals surface area contributed by atoms with Crippen LogP contribution in [0.25, 0.3) is 16.6 Å². The number of fused-ring (bicyclic) bond motifs is 1. The van der Waals surface area contributed by atoms with Crippen LogP contribution in [-0.4, -0.2) is 51.5 Å². The van der Waals surface area contributed by atoms with Gasteiger partial charge >= 0.3 is 12.0 Å². The maximum Gasteiger partial charge on any atom is 0.418 e. The molecule has 0 unspecified atom stereocenters. The Labute approximate surface area is 180 Å². The summed E-state index contributed by atoms with van der Waals surface area (Å²) in [6.45, 7) is 12.2. The maximum absolute atomic E-state index is 13.6. The van der Waals surface area contributed by atoms with E-state index < -0.39 is 11.7 Å². The van der Waals surface area contributed by atoms with Crippen LogP contribution in [0.2, 0.25) is 0 Å². The van der Waals surface area contributed by atoms with Gasteiger partial charge in [-0.05, 0) is 52.8 Å². The number of benzene rings is 1. The number of rotatable bonds is 6. The third-order valence-electron chi connectivity index (χ3n) is 4.95. The van der Waals surface area contributed by atoms with Gasteiger partial charge in [0, 0.05) is 12.6 Å². The first kappa shape index (κ1) is 22.9. The first-order chi connectivity index (χ1) is 14.5. The van der Waals surface area contributed by atoms with Crippen molar-refractivity contribution in [3.8, 4) is 0 Å². The van der Waals surface area contributed by atoms with Crippen LogP contribution in [0.4, 0.5) is 13.2 Å². The van der Waals surface area contributed by atoms with Crippen molar-refractivity contribution in [1.29, 1.82) is 0 Å². The summed E-state index contributed by atoms with van der Waals surface area (Å²) in [5, 5.41) is 0. The molecule has 1 aromatic carbocycles. The molecule has 0 N–H and O–H groups in total. The zero-order chi connectivity index (χ0) is 22.8. The molecule has 0 radical (unpaired) electrons. The van der Waals surface area contributed by atoms with E-state index in [1.54, 1.807) is 16.7 Å². The molecule has 5 nitrogen and oxygen atoms in total. The Kier molecular flexibility index (Phi) is 6.46. The van der Waals surface area contributed by atoms with E-state index in [9.17, 15) is 13.2 Å². The van der Waals surface area contributed by atoms with Crippen molar-refractivity contribution in [1.82, 2.24) is 19.1 Å². The lowest BCUT2D eigenvalue weighted by atomic mass is 10.2. The van der Waals surface area contributed by atoms with E-state index in [2.05, 4.69) is 20.4 Å². The second kappa shape index (κ2) is 8.75. The highest BCUT2D eigenvalue weighted by atomic mass is 19.4. The molecule has 0 bridgehead atoms. The van der Waals surface area contributed by atoms with Crippen molar-refractivity contribution in [2.75, 3.05) is 19.7 Å². The molecule has 3 rings (SSSR count). The predicted molar refractivity (Wildman–Crippen MR) is 118 cm³/mol. The standard InChI is InChI=1S/C23H28F3N4O/c1-6-29(7-2)19-12-11-16(15-27-19)21-28-20-17(23(24,25)26)9-8-10-18(20)30(21)13-14-31-22(3,4)5/h8-12H,6-7,13-14H2,1-5H3/q+1. The fourth-order valence-corrected chi connectivity index (χ4v) is 3.45. The predicted octanol–water partition coefficient (Wildman–Crippen LogP) is 4.30. The van der Waals surface area contributed by atoms with Crippen LogP contribution in [0.5, 0.6) is 0 Å². The minimum Gasteiger partial charge on any atom is -0.374 e. The zero-order valence-corrected chi connectivity index (χ0v) is 18.5. The lowest BCUT2D eigenvalue weighted by Gasteiger charge is -2.20. The van der Waals surface area contributed by atoms with Gasteiger partial charge in [0.25, 0.3) is 0 Å². The van der Waals surface area contributed by atoms with Crippen LogP contribution in [0.15, 0.2) is 30.4 Å². The molecule has 0 spiro atoms. The topological polar surface area (TPSA) is 44.4 Å². The van der Waals surface area contributed by atoms with Gasteiger partial charge in [0.05, 0.1) is 36.4 Å². The van der Waals surface area contributed by atoms with Crippen LogP contribution in [0.3, 0.4) is 0 Å². The van der Waals surface area contributed by atoms with Gasteiger partial charge in [-0.15, -0.1) is 0 Å². The van der Waals surface area contributed by atoms with Gasteiger partial charge in [-0.2, -0.15) is 17.8 Å². The van der Waals surface area contributed by atoms with Crippen LogP contribution in [0.1, 0.15) is 46.0 Å². The number of aromatic nitrogens is 2. The SMILES string of the molecule is CCN(CC)C1=[N+]=C=C(c2nc3c(C(F)(F)F)cccc3n2CCOC(C)(C)C)C=C1. The van der Waals surface area contributed by atoms with Gasteiger partial charge in [0.1, 0.15) is 11.1 Å². The molecular formula is C23H28F3N4O+. The van der Waals surface area contributed by atoms with Gasteiger partial charge in [-0.1, -0.05) is 6.07 Å². The van der Waals surface area contributed by atoms with Crippen molar-refractivity contribution in [2.24, 2.45) is 0 Å². The molecule has 0 amide bonds. The summed E-state index contributed by atoms with van der Waals surface area (Å²) in [5.41, 5.74) is -0.247. The highest BCUT2D eigenvalue weighted by Crippen LogP contribution is 2.35. The second-order valence-corrected chi connectivity index (χ2v) is 8.22. The van der Waals surface area contributed by atoms with Crippen LogP contribution in [0, 0.1) is 0 Å². The van der Waals surface area contributed by atoms with E-state index in [-0.39, 0.29) is 11.1 Å². The molecule has 1 aliphatic rings. The minimum atomic E-state index is -4.49. The van der Waals surface area contributed by atoms with E-state index in [0.29, 0.717) is 30.1 Å². The Morgan fingerprint density at radius 3 is 2.39 bits per heavy atom. The fraction of sp³-hybridized carbons (Fsp3) is 0.478. The van der Waals surface area contributed by atoms with Gasteiger partial charge in [0.15, 0.2) is 11.7 Å². The molecule has 0 saturated heterocycles. The number of hydrogen-bond donors (Lipinski definition) is 0. The van der Waals surface area contributed by atoms with E-state index in [4.69, 9.17) is 4.74 Å². The van der Waals surface area contributed by atoms with Gasteiger partial charge in [-0.3, -0.25) is 0 Å². The number of imidazole rings is 1. The number of alkyl halides is 3. The zero-order valence-electron chi connectivity index (χ0n) is 18.5. The van der Waals surface area contributed by atoms with E-state index >= 15 is 0 Å². The Morgan fingerprint density at radius 1 is 1.13 bits per heavy atom. The molecular weight excluding hydrogens is 405 g/mol. The minimum absolute atomic E-state index is 0.0815. The summed E-state index contributed by atoms with van der Waals surface area (Å²) in [5.74, 6) is 4.13. The summed E-state index contributed by atoms with van der Waals surface area (Å²) in [6.07, 6.45) is -0.846. The number of para-hydroxylation sites is 1. The van der Waals surface area contributed by atoms with Gasteiger partial charge in [-0.25, -0.2) is 9.88 Å². The summed E-state index contributed by atoms with van der Waals surface area (Å²) in [4.78, 5) is 6.45. The Balaban J connectivity index is 2.15. The second-order valence-electron chi connectivity index (χ2n) is 8.22. The number of ether oxygens (including phenoxy) is 1. The number of likely N-dealkylation sites (N-methyl/N-ethyl adjacent to an activating group) is 1. The molecule has 2 heterocycles. The van der Waals surface area contributed by atoms with Crippen molar-refractivity contribution in [3.05, 3.63) is 41.7 Å². The monoisotopic (exact) mass is 433 g/mol. The summed E-state index contributed by atoms with van der Waals surface area (Å²) < 4.78 is 52.7. The van der Waals surface area contributed by atoms with Crippen LogP contribution in [-0.2, 0) is 17.5 Å². The third kappa shape index (κ3) is 5.10. The molecule has 0 saturated carbocycles. The summed E-state index contributed by atoms with van der Waals surface area (Å²) in [6, 6.07) is 4.11. The molecule has 1 aromatic heterocycles. The molecule has 0 fully saturated rings. The van der Waals surface area contributed by atoms with Crippen LogP contribution < -0.4 is 4.67 Å². The van der Waals surface area contributed by atoms with Gasteiger partial charge in [0.2, 0.25) is 0 Å². The van der Waals surface area contributed by atoms with Crippen LogP contribution >= 0.6 is 0 Å². The maximum atomic E-state index is 13.6. The number of hydrogen-bond acceptors (Lipinski definition) is 3. The smallest absolute Gasteiger partial charge is 0.374 e. The van der Waals surface area contributed by atoms with E-state index in [0.717, 1.165) is 25.0 Å². The number of allylic oxidation sites excluding steroid dienone is 2. The molecule has 0 aliphatic carbocycles. The van der Waals surface area contributed by atoms with E-state index in [1.165, 1.54) is 6.07 Å². The average Bonchev–Trinajstić information content (AvgIpc) is 3.06. The van der Waals surface area contributed by atoms with Crippen molar-refractivity contribution < 1.29 is 17.9 Å². The number of halogens is 3. The third-order valence-corrected chi connectivity index (χ3v) is 4.95. The Bertz CT molecular complexity index is 1090. The highest BCUT2D eigenvalue weighted by Gasteiger charge is 2.34. The molecule has 8 heteroatoms. The summed E-state index contributed by atoms with van der Waals surface area (Å²) in [7, 11) is 0. The molecule has 31 heavy (non-hydrogen) atoms. The first-order valence-electron chi connectivity index (χ1n) is 10.4. The lowest BCUT2D eigenvalue weighted by Crippen LogP contribution is -2.31. The summed E-state index contributed by atoms with van der Waals surface area (Å²) >= 11 is 0. The van der Waals surface area contributed by atoms with Crippen molar-refractivity contribution in [3.63, 3.8) is 0 Å². The number of nitrogens with zero attached hydrogens (tertiary/aromatic N) is 4. The van der Waals surface area contributed by atoms with Gasteiger partial charge < -0.3 is 9.30 Å². The fourth-order valence-electron chi connectivity index (χ4n) is 3.45. The first-order valence-corrected chi connectivity index (χ1v) is 10.4. The van der Waals surface area contributed by atoms with E-state index in [1.807, 2.05) is 40.7 Å². The normalized spacial score (nSPS) is 14.2. The largest absolute Gasteiger partial charge is 0.418 e. The molecule has 1 aliphatic heterocycles. The van der Waals surface area contributed by atoms with Crippen molar-refractivity contribution in [2.45, 2.75) is 52.9 Å². The highest BCUT2D eigenvalue weighted by molar-refractivity contribution is 6.05. The number of amidine groups is 1. The quantitative estimate of drug-likeness (QED) is 0.638. The molecule has 2 aromatic rings. The molecule has 166 valence electrons.